The molecule has 1 N–H and O–H groups in total. The first-order valence-corrected chi connectivity index (χ1v) is 7.28. The number of nitrogens with zero attached hydrogens (tertiary/aromatic N) is 1. The molecule has 1 unspecified atom stereocenters. The molecule has 1 atom stereocenters. The smallest absolute Gasteiger partial charge is 0.256 e. The van der Waals surface area contributed by atoms with Crippen LogP contribution < -0.4 is 5.32 Å². The van der Waals surface area contributed by atoms with Gasteiger partial charge in [0.1, 0.15) is 0 Å². The van der Waals surface area contributed by atoms with Crippen LogP contribution in [0.4, 0.5) is 0 Å². The van der Waals surface area contributed by atoms with Gasteiger partial charge in [-0.05, 0) is 49.5 Å². The second-order valence-corrected chi connectivity index (χ2v) is 5.63. The van der Waals surface area contributed by atoms with E-state index in [-0.39, 0.29) is 11.1 Å². The first-order valence-electron chi connectivity index (χ1n) is 6.90. The lowest BCUT2D eigenvalue weighted by molar-refractivity contribution is 0.0942. The van der Waals surface area contributed by atoms with Gasteiger partial charge in [0.2, 0.25) is 5.22 Å². The van der Waals surface area contributed by atoms with Crippen molar-refractivity contribution in [2.24, 2.45) is 5.92 Å². The zero-order valence-corrected chi connectivity index (χ0v) is 12.1. The van der Waals surface area contributed by atoms with E-state index < -0.39 is 0 Å². The highest BCUT2D eigenvalue weighted by atomic mass is 35.5. The van der Waals surface area contributed by atoms with E-state index in [0.717, 1.165) is 6.54 Å². The molecule has 0 aliphatic carbocycles. The van der Waals surface area contributed by atoms with Crippen molar-refractivity contribution in [1.82, 2.24) is 10.2 Å². The fraction of sp³-hybridized carbons (Fsp3) is 0.643. The second-order valence-electron chi connectivity index (χ2n) is 5.28. The van der Waals surface area contributed by atoms with Crippen LogP contribution in [0.3, 0.4) is 0 Å². The van der Waals surface area contributed by atoms with Gasteiger partial charge in [-0.1, -0.05) is 13.3 Å². The lowest BCUT2D eigenvalue weighted by Gasteiger charge is -2.29. The minimum atomic E-state index is -0.163. The molecule has 5 heteroatoms. The van der Waals surface area contributed by atoms with Gasteiger partial charge in [0.15, 0.2) is 0 Å². The minimum absolute atomic E-state index is 0.154. The minimum Gasteiger partial charge on any atom is -0.452 e. The van der Waals surface area contributed by atoms with Crippen molar-refractivity contribution in [2.45, 2.75) is 26.2 Å². The van der Waals surface area contributed by atoms with Gasteiger partial charge in [0, 0.05) is 13.1 Å². The Morgan fingerprint density at radius 1 is 1.47 bits per heavy atom. The van der Waals surface area contributed by atoms with E-state index in [4.69, 9.17) is 16.0 Å². The Morgan fingerprint density at radius 3 is 2.84 bits per heavy atom. The van der Waals surface area contributed by atoms with Crippen LogP contribution in [-0.4, -0.2) is 37.0 Å². The molecule has 1 saturated heterocycles. The number of hydrogen-bond donors (Lipinski definition) is 1. The highest BCUT2D eigenvalue weighted by Crippen LogP contribution is 2.16. The van der Waals surface area contributed by atoms with E-state index >= 15 is 0 Å². The number of furan rings is 1. The van der Waals surface area contributed by atoms with E-state index in [1.165, 1.54) is 38.6 Å². The molecule has 19 heavy (non-hydrogen) atoms. The molecule has 0 spiro atoms. The van der Waals surface area contributed by atoms with Crippen LogP contribution in [0.5, 0.6) is 0 Å². The topological polar surface area (TPSA) is 45.5 Å². The molecule has 0 aromatic carbocycles. The maximum atomic E-state index is 11.9. The Hall–Kier alpha value is -1.00. The van der Waals surface area contributed by atoms with E-state index in [1.807, 2.05) is 0 Å². The molecule has 106 valence electrons. The summed E-state index contributed by atoms with van der Waals surface area (Å²) in [6.45, 7) is 6.24. The molecule has 4 nitrogen and oxygen atoms in total. The quantitative estimate of drug-likeness (QED) is 0.904. The number of rotatable bonds is 5. The molecule has 1 aliphatic rings. The number of halogens is 1. The molecule has 1 fully saturated rings. The normalized spacial score (nSPS) is 18.2. The first kappa shape index (κ1) is 14.4. The predicted octanol–water partition coefficient (Wildman–Crippen LogP) is 2.78. The van der Waals surface area contributed by atoms with Gasteiger partial charge in [-0.2, -0.15) is 0 Å². The molecule has 1 aromatic heterocycles. The monoisotopic (exact) mass is 284 g/mol. The SMILES string of the molecule is CC(CNC(=O)c1ccoc1Cl)CN1CCCCC1. The number of carbonyl (C=O) groups excluding carboxylic acids is 1. The van der Waals surface area contributed by atoms with Crippen LogP contribution in [-0.2, 0) is 0 Å². The lowest BCUT2D eigenvalue weighted by Crippen LogP contribution is -2.38. The molecule has 1 amide bonds. The Morgan fingerprint density at radius 2 is 2.21 bits per heavy atom. The van der Waals surface area contributed by atoms with Gasteiger partial charge in [0.25, 0.3) is 5.91 Å². The van der Waals surface area contributed by atoms with Gasteiger partial charge < -0.3 is 14.6 Å². The Bertz CT molecular complexity index is 413. The van der Waals surface area contributed by atoms with Crippen molar-refractivity contribution in [3.63, 3.8) is 0 Å². The summed E-state index contributed by atoms with van der Waals surface area (Å²) in [7, 11) is 0. The largest absolute Gasteiger partial charge is 0.452 e. The molecule has 0 saturated carbocycles. The highest BCUT2D eigenvalue weighted by molar-refractivity contribution is 6.32. The highest BCUT2D eigenvalue weighted by Gasteiger charge is 2.16. The third-order valence-corrected chi connectivity index (χ3v) is 3.78. The van der Waals surface area contributed by atoms with Crippen LogP contribution >= 0.6 is 11.6 Å². The van der Waals surface area contributed by atoms with Crippen molar-refractivity contribution in [3.8, 4) is 0 Å². The summed E-state index contributed by atoms with van der Waals surface area (Å²) in [4.78, 5) is 14.3. The molecule has 2 rings (SSSR count). The standard InChI is InChI=1S/C14H21ClN2O2/c1-11(10-17-6-3-2-4-7-17)9-16-14(18)12-5-8-19-13(12)15/h5,8,11H,2-4,6-7,9-10H2,1H3,(H,16,18). The van der Waals surface area contributed by atoms with Crippen LogP contribution in [0.25, 0.3) is 0 Å². The van der Waals surface area contributed by atoms with Gasteiger partial charge in [0.05, 0.1) is 11.8 Å². The number of hydrogen-bond acceptors (Lipinski definition) is 3. The molecular weight excluding hydrogens is 264 g/mol. The Balaban J connectivity index is 1.72. The van der Waals surface area contributed by atoms with E-state index in [2.05, 4.69) is 17.1 Å². The van der Waals surface area contributed by atoms with Crippen LogP contribution in [0.15, 0.2) is 16.7 Å². The fourth-order valence-electron chi connectivity index (χ4n) is 2.47. The number of piperidine rings is 1. The average Bonchev–Trinajstić information content (AvgIpc) is 2.83. The average molecular weight is 285 g/mol. The van der Waals surface area contributed by atoms with Crippen molar-refractivity contribution >= 4 is 17.5 Å². The summed E-state index contributed by atoms with van der Waals surface area (Å²) < 4.78 is 4.91. The number of amides is 1. The second kappa shape index (κ2) is 6.96. The van der Waals surface area contributed by atoms with Crippen LogP contribution in [0, 0.1) is 5.92 Å². The van der Waals surface area contributed by atoms with Crippen molar-refractivity contribution < 1.29 is 9.21 Å². The number of likely N-dealkylation sites (tertiary alicyclic amines) is 1. The van der Waals surface area contributed by atoms with Crippen molar-refractivity contribution in [2.75, 3.05) is 26.2 Å². The number of nitrogens with one attached hydrogen (secondary N) is 1. The zero-order valence-electron chi connectivity index (χ0n) is 11.3. The summed E-state index contributed by atoms with van der Waals surface area (Å²) in [5, 5.41) is 3.06. The van der Waals surface area contributed by atoms with E-state index in [9.17, 15) is 4.79 Å². The summed E-state index contributed by atoms with van der Waals surface area (Å²) in [5.41, 5.74) is 0.409. The van der Waals surface area contributed by atoms with Crippen molar-refractivity contribution in [1.29, 1.82) is 0 Å². The predicted molar refractivity (Wildman–Crippen MR) is 75.5 cm³/mol. The fourth-order valence-corrected chi connectivity index (χ4v) is 2.67. The molecule has 0 radical (unpaired) electrons. The Labute approximate surface area is 119 Å². The lowest BCUT2D eigenvalue weighted by atomic mass is 10.1. The zero-order chi connectivity index (χ0) is 13.7. The van der Waals surface area contributed by atoms with Crippen LogP contribution in [0.1, 0.15) is 36.5 Å². The summed E-state index contributed by atoms with van der Waals surface area (Å²) in [6, 6.07) is 1.59. The summed E-state index contributed by atoms with van der Waals surface area (Å²) >= 11 is 5.77. The van der Waals surface area contributed by atoms with Crippen LogP contribution in [0.2, 0.25) is 5.22 Å². The van der Waals surface area contributed by atoms with Crippen molar-refractivity contribution in [3.05, 3.63) is 23.1 Å². The van der Waals surface area contributed by atoms with Gasteiger partial charge in [-0.3, -0.25) is 4.79 Å². The van der Waals surface area contributed by atoms with Gasteiger partial charge >= 0.3 is 0 Å². The number of carbonyl (C=O) groups is 1. The maximum Gasteiger partial charge on any atom is 0.256 e. The Kier molecular flexibility index (Phi) is 5.28. The van der Waals surface area contributed by atoms with E-state index in [1.54, 1.807) is 6.07 Å². The molecular formula is C14H21ClN2O2. The first-order chi connectivity index (χ1) is 9.16. The molecule has 0 bridgehead atoms. The van der Waals surface area contributed by atoms with Gasteiger partial charge in [-0.15, -0.1) is 0 Å². The third kappa shape index (κ3) is 4.25. The molecule has 1 aliphatic heterocycles. The molecule has 2 heterocycles. The summed E-state index contributed by atoms with van der Waals surface area (Å²) in [6.07, 6.45) is 5.36. The summed E-state index contributed by atoms with van der Waals surface area (Å²) in [5.74, 6) is 0.275. The van der Waals surface area contributed by atoms with E-state index in [0.29, 0.717) is 18.0 Å². The molecule has 1 aromatic rings. The van der Waals surface area contributed by atoms with Gasteiger partial charge in [-0.25, -0.2) is 0 Å². The maximum absolute atomic E-state index is 11.9. The third-order valence-electron chi connectivity index (χ3n) is 3.49.